The van der Waals surface area contributed by atoms with Crippen LogP contribution in [0.25, 0.3) is 0 Å². The number of carbonyl (C=O) groups excluding carboxylic acids is 2. The van der Waals surface area contributed by atoms with Gasteiger partial charge in [0.15, 0.2) is 0 Å². The third kappa shape index (κ3) is 8.08. The molecule has 2 heterocycles. The predicted molar refractivity (Wildman–Crippen MR) is 110 cm³/mol. The molecule has 2 aliphatic rings. The minimum Gasteiger partial charge on any atom is -0.464 e. The van der Waals surface area contributed by atoms with Crippen LogP contribution in [0.3, 0.4) is 0 Å². The van der Waals surface area contributed by atoms with Crippen molar-refractivity contribution in [1.29, 1.82) is 0 Å². The Labute approximate surface area is 170 Å². The van der Waals surface area contributed by atoms with E-state index >= 15 is 0 Å². The number of ether oxygens (including phenoxy) is 2. The summed E-state index contributed by atoms with van der Waals surface area (Å²) < 4.78 is 10.6. The van der Waals surface area contributed by atoms with Gasteiger partial charge in [-0.1, -0.05) is 26.7 Å². The summed E-state index contributed by atoms with van der Waals surface area (Å²) in [6.07, 6.45) is 10.0. The zero-order chi connectivity index (χ0) is 20.2. The molecule has 2 fully saturated rings. The van der Waals surface area contributed by atoms with E-state index in [1.165, 1.54) is 51.4 Å². The molecule has 28 heavy (non-hydrogen) atoms. The van der Waals surface area contributed by atoms with E-state index in [1.807, 2.05) is 0 Å². The summed E-state index contributed by atoms with van der Waals surface area (Å²) >= 11 is 0. The molecule has 0 bridgehead atoms. The molecule has 2 aliphatic heterocycles. The lowest BCUT2D eigenvalue weighted by Crippen LogP contribution is -2.33. The Bertz CT molecular complexity index is 429. The molecule has 2 rings (SSSR count). The number of hydrogen-bond donors (Lipinski definition) is 0. The van der Waals surface area contributed by atoms with Gasteiger partial charge in [-0.3, -0.25) is 19.4 Å². The molecule has 162 valence electrons. The van der Waals surface area contributed by atoms with Crippen molar-refractivity contribution in [3.63, 3.8) is 0 Å². The zero-order valence-corrected chi connectivity index (χ0v) is 18.0. The second-order valence-electron chi connectivity index (χ2n) is 8.18. The first-order chi connectivity index (χ1) is 13.6. The van der Waals surface area contributed by atoms with Crippen LogP contribution in [0.2, 0.25) is 0 Å². The van der Waals surface area contributed by atoms with Gasteiger partial charge in [0, 0.05) is 25.2 Å². The number of nitrogens with zero attached hydrogens (tertiary/aromatic N) is 2. The lowest BCUT2D eigenvalue weighted by atomic mass is 10.1. The fourth-order valence-electron chi connectivity index (χ4n) is 4.60. The van der Waals surface area contributed by atoms with Gasteiger partial charge >= 0.3 is 11.9 Å². The fourth-order valence-corrected chi connectivity index (χ4v) is 4.60. The monoisotopic (exact) mass is 396 g/mol. The largest absolute Gasteiger partial charge is 0.464 e. The maximum absolute atomic E-state index is 11.9. The van der Waals surface area contributed by atoms with Crippen molar-refractivity contribution in [3.05, 3.63) is 0 Å². The van der Waals surface area contributed by atoms with E-state index in [0.29, 0.717) is 25.3 Å². The van der Waals surface area contributed by atoms with Gasteiger partial charge < -0.3 is 9.47 Å². The topological polar surface area (TPSA) is 59.1 Å². The van der Waals surface area contributed by atoms with Crippen molar-refractivity contribution in [2.24, 2.45) is 0 Å². The summed E-state index contributed by atoms with van der Waals surface area (Å²) in [6.45, 7) is 9.07. The van der Waals surface area contributed by atoms with Crippen molar-refractivity contribution in [2.75, 3.05) is 39.4 Å². The van der Waals surface area contributed by atoms with Gasteiger partial charge in [0.25, 0.3) is 0 Å². The van der Waals surface area contributed by atoms with Crippen LogP contribution < -0.4 is 0 Å². The number of rotatable bonds is 13. The van der Waals surface area contributed by atoms with Gasteiger partial charge in [0.1, 0.15) is 13.2 Å². The Kier molecular flexibility index (Phi) is 10.9. The second-order valence-corrected chi connectivity index (χ2v) is 8.18. The van der Waals surface area contributed by atoms with Crippen molar-refractivity contribution in [2.45, 2.75) is 90.1 Å². The molecule has 0 N–H and O–H groups in total. The molecule has 0 amide bonds. The number of carbonyl (C=O) groups is 2. The first kappa shape index (κ1) is 23.1. The fraction of sp³-hybridized carbons (Fsp3) is 0.909. The normalized spacial score (nSPS) is 23.2. The molecule has 0 aromatic carbocycles. The van der Waals surface area contributed by atoms with E-state index in [-0.39, 0.29) is 24.8 Å². The summed E-state index contributed by atoms with van der Waals surface area (Å²) in [5.74, 6) is -0.600. The number of likely N-dealkylation sites (tertiary alicyclic amines) is 2. The van der Waals surface area contributed by atoms with Crippen LogP contribution in [0.4, 0.5) is 0 Å². The van der Waals surface area contributed by atoms with Crippen LogP contribution in [-0.2, 0) is 19.1 Å². The minimum absolute atomic E-state index is 0.111. The Hall–Kier alpha value is -1.14. The lowest BCUT2D eigenvalue weighted by molar-refractivity contribution is -0.150. The molecule has 0 radical (unpaired) electrons. The van der Waals surface area contributed by atoms with Crippen LogP contribution in [0.5, 0.6) is 0 Å². The van der Waals surface area contributed by atoms with Crippen molar-refractivity contribution in [3.8, 4) is 0 Å². The number of esters is 2. The van der Waals surface area contributed by atoms with Crippen LogP contribution in [0.1, 0.15) is 78.1 Å². The number of hydrogen-bond acceptors (Lipinski definition) is 6. The SMILES string of the molecule is CCCC1CCCN1CCOC(=O)CCC(=O)OCCN1CCCC1CCC. The molecule has 6 nitrogen and oxygen atoms in total. The van der Waals surface area contributed by atoms with Gasteiger partial charge in [0.05, 0.1) is 12.8 Å². The first-order valence-electron chi connectivity index (χ1n) is 11.4. The molecule has 0 spiro atoms. The highest BCUT2D eigenvalue weighted by molar-refractivity contribution is 5.77. The van der Waals surface area contributed by atoms with Crippen molar-refractivity contribution in [1.82, 2.24) is 9.80 Å². The molecule has 0 aromatic rings. The maximum atomic E-state index is 11.9. The molecule has 2 saturated heterocycles. The first-order valence-corrected chi connectivity index (χ1v) is 11.4. The van der Waals surface area contributed by atoms with E-state index < -0.39 is 0 Å². The second kappa shape index (κ2) is 13.2. The summed E-state index contributed by atoms with van der Waals surface area (Å²) in [5, 5.41) is 0. The minimum atomic E-state index is -0.300. The van der Waals surface area contributed by atoms with Gasteiger partial charge in [-0.15, -0.1) is 0 Å². The molecule has 0 aliphatic carbocycles. The molecule has 2 atom stereocenters. The van der Waals surface area contributed by atoms with Crippen LogP contribution in [-0.4, -0.2) is 73.2 Å². The predicted octanol–water partition coefficient (Wildman–Crippen LogP) is 3.38. The van der Waals surface area contributed by atoms with Gasteiger partial charge in [0.2, 0.25) is 0 Å². The smallest absolute Gasteiger partial charge is 0.306 e. The van der Waals surface area contributed by atoms with Crippen molar-refractivity contribution < 1.29 is 19.1 Å². The molecule has 6 heteroatoms. The van der Waals surface area contributed by atoms with E-state index in [4.69, 9.17) is 9.47 Å². The summed E-state index contributed by atoms with van der Waals surface area (Å²) in [7, 11) is 0. The standard InChI is InChI=1S/C22H40N2O4/c1-3-7-19-9-5-13-23(19)15-17-27-21(25)11-12-22(26)28-18-16-24-14-6-10-20(24)8-4-2/h19-20H,3-18H2,1-2H3. The molecule has 0 saturated carbocycles. The van der Waals surface area contributed by atoms with Crippen LogP contribution >= 0.6 is 0 Å². The highest BCUT2D eigenvalue weighted by atomic mass is 16.5. The van der Waals surface area contributed by atoms with E-state index in [0.717, 1.165) is 26.2 Å². The molecule has 0 aromatic heterocycles. The third-order valence-electron chi connectivity index (χ3n) is 6.06. The van der Waals surface area contributed by atoms with Gasteiger partial charge in [-0.05, 0) is 51.6 Å². The van der Waals surface area contributed by atoms with E-state index in [1.54, 1.807) is 0 Å². The Balaban J connectivity index is 1.50. The quantitative estimate of drug-likeness (QED) is 0.445. The van der Waals surface area contributed by atoms with Gasteiger partial charge in [-0.25, -0.2) is 0 Å². The third-order valence-corrected chi connectivity index (χ3v) is 6.06. The van der Waals surface area contributed by atoms with Crippen LogP contribution in [0.15, 0.2) is 0 Å². The molecule has 2 unspecified atom stereocenters. The lowest BCUT2D eigenvalue weighted by Gasteiger charge is -2.23. The Morgan fingerprint density at radius 3 is 1.61 bits per heavy atom. The summed E-state index contributed by atoms with van der Waals surface area (Å²) in [6, 6.07) is 1.29. The molecular formula is C22H40N2O4. The zero-order valence-electron chi connectivity index (χ0n) is 18.0. The van der Waals surface area contributed by atoms with E-state index in [9.17, 15) is 9.59 Å². The summed E-state index contributed by atoms with van der Waals surface area (Å²) in [5.41, 5.74) is 0. The maximum Gasteiger partial charge on any atom is 0.306 e. The van der Waals surface area contributed by atoms with Gasteiger partial charge in [-0.2, -0.15) is 0 Å². The van der Waals surface area contributed by atoms with E-state index in [2.05, 4.69) is 23.6 Å². The average Bonchev–Trinajstić information content (AvgIpc) is 3.30. The highest BCUT2D eigenvalue weighted by Crippen LogP contribution is 2.21. The average molecular weight is 397 g/mol. The van der Waals surface area contributed by atoms with Crippen LogP contribution in [0, 0.1) is 0 Å². The summed E-state index contributed by atoms with van der Waals surface area (Å²) in [4.78, 5) is 28.6. The Morgan fingerprint density at radius 1 is 0.786 bits per heavy atom. The van der Waals surface area contributed by atoms with Crippen molar-refractivity contribution >= 4 is 11.9 Å². The molecular weight excluding hydrogens is 356 g/mol. The highest BCUT2D eigenvalue weighted by Gasteiger charge is 2.24. The Morgan fingerprint density at radius 2 is 1.21 bits per heavy atom.